The second-order valence-corrected chi connectivity index (χ2v) is 2.70. The first-order valence-electron chi connectivity index (χ1n) is 3.69. The molecule has 0 radical (unpaired) electrons. The zero-order valence-electron chi connectivity index (χ0n) is 6.73. The zero-order valence-corrected chi connectivity index (χ0v) is 6.73. The highest BCUT2D eigenvalue weighted by atomic mass is 16.5. The van der Waals surface area contributed by atoms with E-state index in [9.17, 15) is 5.21 Å². The van der Waals surface area contributed by atoms with Gasteiger partial charge in [-0.05, 0) is 12.1 Å². The Kier molecular flexibility index (Phi) is 1.45. The van der Waals surface area contributed by atoms with Gasteiger partial charge < -0.3 is 10.9 Å². The minimum Gasteiger partial charge on any atom is -0.428 e. The standard InChI is InChI=1S/C8H8N4O/c9-5-3-7-8(4-6(5)10)12(13)2-1-11-7/h1-4,10,13H,9H2. The van der Waals surface area contributed by atoms with E-state index in [1.807, 2.05) is 0 Å². The van der Waals surface area contributed by atoms with Crippen molar-refractivity contribution in [2.75, 3.05) is 5.73 Å². The zero-order chi connectivity index (χ0) is 9.42. The van der Waals surface area contributed by atoms with Crippen LogP contribution in [-0.2, 0) is 0 Å². The van der Waals surface area contributed by atoms with E-state index < -0.39 is 0 Å². The molecule has 0 amide bonds. The second kappa shape index (κ2) is 2.48. The van der Waals surface area contributed by atoms with Crippen molar-refractivity contribution in [1.82, 2.24) is 9.71 Å². The molecule has 0 unspecified atom stereocenters. The summed E-state index contributed by atoms with van der Waals surface area (Å²) in [5, 5.41) is 16.9. The number of nitrogens with one attached hydrogen (secondary N) is 1. The van der Waals surface area contributed by atoms with Crippen molar-refractivity contribution in [3.05, 3.63) is 29.9 Å². The molecule has 0 saturated heterocycles. The Balaban J connectivity index is 2.89. The van der Waals surface area contributed by atoms with Crippen molar-refractivity contribution in [2.45, 2.75) is 0 Å². The van der Waals surface area contributed by atoms with Gasteiger partial charge in [0.1, 0.15) is 5.69 Å². The number of nitrogens with two attached hydrogens (primary N) is 1. The van der Waals surface area contributed by atoms with Gasteiger partial charge in [0.15, 0.2) is 0 Å². The molecule has 1 aliphatic heterocycles. The third-order valence-electron chi connectivity index (χ3n) is 1.82. The van der Waals surface area contributed by atoms with Crippen LogP contribution in [0.1, 0.15) is 0 Å². The van der Waals surface area contributed by atoms with Gasteiger partial charge in [0.05, 0.1) is 22.9 Å². The highest BCUT2D eigenvalue weighted by Gasteiger charge is 2.07. The first kappa shape index (κ1) is 7.60. The predicted molar refractivity (Wildman–Crippen MR) is 46.3 cm³/mol. The van der Waals surface area contributed by atoms with E-state index >= 15 is 0 Å². The fourth-order valence-corrected chi connectivity index (χ4v) is 1.14. The normalized spacial score (nSPS) is 10.5. The van der Waals surface area contributed by atoms with Crippen molar-refractivity contribution < 1.29 is 5.21 Å². The highest BCUT2D eigenvalue weighted by Crippen LogP contribution is 2.16. The molecule has 4 N–H and O–H groups in total. The molecule has 0 fully saturated rings. The summed E-state index contributed by atoms with van der Waals surface area (Å²) in [6.45, 7) is 0. The molecule has 0 aromatic heterocycles. The predicted octanol–water partition coefficient (Wildman–Crippen LogP) is 0.287. The molecule has 0 aromatic carbocycles. The van der Waals surface area contributed by atoms with Crippen LogP contribution in [0.4, 0.5) is 5.69 Å². The van der Waals surface area contributed by atoms with Crippen LogP contribution in [0.25, 0.3) is 11.4 Å². The Bertz CT molecular complexity index is 476. The van der Waals surface area contributed by atoms with E-state index in [0.717, 1.165) is 4.73 Å². The maximum atomic E-state index is 9.34. The maximum Gasteiger partial charge on any atom is 0.107 e. The summed E-state index contributed by atoms with van der Waals surface area (Å²) in [6.07, 6.45) is 2.86. The summed E-state index contributed by atoms with van der Waals surface area (Å²) in [4.78, 5) is 4.00. The summed E-state index contributed by atoms with van der Waals surface area (Å²) >= 11 is 0. The van der Waals surface area contributed by atoms with E-state index in [4.69, 9.17) is 11.1 Å². The lowest BCUT2D eigenvalue weighted by Crippen LogP contribution is -2.11. The molecule has 2 aliphatic rings. The summed E-state index contributed by atoms with van der Waals surface area (Å²) in [5.74, 6) is 0. The SMILES string of the molecule is N=c1cc2n(O)ccnc-2cc1N. The van der Waals surface area contributed by atoms with Crippen molar-refractivity contribution >= 4 is 5.69 Å². The molecule has 1 heterocycles. The number of aromatic nitrogens is 2. The van der Waals surface area contributed by atoms with Crippen molar-refractivity contribution in [2.24, 2.45) is 0 Å². The Hall–Kier alpha value is -2.04. The smallest absolute Gasteiger partial charge is 0.107 e. The van der Waals surface area contributed by atoms with Gasteiger partial charge in [0.2, 0.25) is 0 Å². The number of nitrogens with zero attached hydrogens (tertiary/aromatic N) is 2. The van der Waals surface area contributed by atoms with Crippen LogP contribution >= 0.6 is 0 Å². The molecule has 0 bridgehead atoms. The van der Waals surface area contributed by atoms with E-state index in [0.29, 0.717) is 17.1 Å². The fraction of sp³-hybridized carbons (Fsp3) is 0. The maximum absolute atomic E-state index is 9.34. The molecule has 0 aromatic rings. The molecule has 1 aliphatic carbocycles. The number of hydrogen-bond donors (Lipinski definition) is 3. The molecular formula is C8H8N4O. The molecule has 0 spiro atoms. The summed E-state index contributed by atoms with van der Waals surface area (Å²) < 4.78 is 0.916. The summed E-state index contributed by atoms with van der Waals surface area (Å²) in [5.41, 5.74) is 6.91. The fourth-order valence-electron chi connectivity index (χ4n) is 1.14. The van der Waals surface area contributed by atoms with E-state index in [2.05, 4.69) is 4.98 Å². The van der Waals surface area contributed by atoms with Crippen LogP contribution in [-0.4, -0.2) is 14.9 Å². The monoisotopic (exact) mass is 176 g/mol. The van der Waals surface area contributed by atoms with E-state index in [1.54, 1.807) is 6.07 Å². The average molecular weight is 176 g/mol. The van der Waals surface area contributed by atoms with Crippen LogP contribution in [0.5, 0.6) is 0 Å². The van der Waals surface area contributed by atoms with Crippen molar-refractivity contribution in [1.29, 1.82) is 5.41 Å². The van der Waals surface area contributed by atoms with Gasteiger partial charge in [0, 0.05) is 6.20 Å². The van der Waals surface area contributed by atoms with E-state index in [-0.39, 0.29) is 5.36 Å². The molecule has 2 rings (SSSR count). The Labute approximate surface area is 73.9 Å². The van der Waals surface area contributed by atoms with Crippen LogP contribution in [0.3, 0.4) is 0 Å². The van der Waals surface area contributed by atoms with Gasteiger partial charge in [-0.15, -0.1) is 0 Å². The highest BCUT2D eigenvalue weighted by molar-refractivity contribution is 5.61. The number of hydrogen-bond acceptors (Lipinski definition) is 4. The van der Waals surface area contributed by atoms with Gasteiger partial charge in [-0.1, -0.05) is 0 Å². The molecule has 66 valence electrons. The third-order valence-corrected chi connectivity index (χ3v) is 1.82. The third kappa shape index (κ3) is 1.10. The molecular weight excluding hydrogens is 168 g/mol. The lowest BCUT2D eigenvalue weighted by Gasteiger charge is -2.08. The lowest BCUT2D eigenvalue weighted by atomic mass is 10.2. The molecule has 0 saturated carbocycles. The average Bonchev–Trinajstić information content (AvgIpc) is 2.09. The van der Waals surface area contributed by atoms with Gasteiger partial charge in [-0.25, -0.2) is 0 Å². The molecule has 13 heavy (non-hydrogen) atoms. The molecule has 5 heteroatoms. The van der Waals surface area contributed by atoms with Crippen LogP contribution < -0.4 is 11.1 Å². The van der Waals surface area contributed by atoms with Crippen LogP contribution in [0.2, 0.25) is 0 Å². The largest absolute Gasteiger partial charge is 0.428 e. The first-order valence-corrected chi connectivity index (χ1v) is 3.69. The van der Waals surface area contributed by atoms with Crippen molar-refractivity contribution in [3.63, 3.8) is 0 Å². The number of fused-ring (bicyclic) bond motifs is 1. The van der Waals surface area contributed by atoms with Crippen LogP contribution in [0.15, 0.2) is 24.5 Å². The number of benzene rings is 1. The van der Waals surface area contributed by atoms with E-state index in [1.165, 1.54) is 18.5 Å². The van der Waals surface area contributed by atoms with Crippen molar-refractivity contribution in [3.8, 4) is 11.4 Å². The van der Waals surface area contributed by atoms with Gasteiger partial charge in [-0.2, -0.15) is 4.73 Å². The number of anilines is 1. The Morgan fingerprint density at radius 3 is 3.00 bits per heavy atom. The summed E-state index contributed by atoms with van der Waals surface area (Å²) in [6, 6.07) is 3.03. The van der Waals surface area contributed by atoms with Gasteiger partial charge in [-0.3, -0.25) is 10.4 Å². The summed E-state index contributed by atoms with van der Waals surface area (Å²) in [7, 11) is 0. The Morgan fingerprint density at radius 2 is 2.23 bits per heavy atom. The lowest BCUT2D eigenvalue weighted by molar-refractivity contribution is 0.188. The minimum atomic E-state index is 0.184. The minimum absolute atomic E-state index is 0.184. The quantitative estimate of drug-likeness (QED) is 0.398. The Morgan fingerprint density at radius 1 is 1.46 bits per heavy atom. The van der Waals surface area contributed by atoms with Crippen LogP contribution in [0, 0.1) is 5.41 Å². The number of rotatable bonds is 0. The first-order chi connectivity index (χ1) is 6.18. The molecule has 5 nitrogen and oxygen atoms in total. The second-order valence-electron chi connectivity index (χ2n) is 2.70. The topological polar surface area (TPSA) is 87.9 Å². The number of nitrogen functional groups attached to an aromatic ring is 1. The molecule has 0 atom stereocenters. The van der Waals surface area contributed by atoms with Gasteiger partial charge in [0.25, 0.3) is 0 Å². The van der Waals surface area contributed by atoms with Gasteiger partial charge >= 0.3 is 0 Å².